The van der Waals surface area contributed by atoms with E-state index in [-0.39, 0.29) is 5.82 Å². The molecule has 0 unspecified atom stereocenters. The van der Waals surface area contributed by atoms with Gasteiger partial charge in [-0.25, -0.2) is 9.07 Å². The first-order valence-electron chi connectivity index (χ1n) is 12.3. The lowest BCUT2D eigenvalue weighted by molar-refractivity contribution is 0.244. The quantitative estimate of drug-likeness (QED) is 0.512. The Morgan fingerprint density at radius 1 is 1.19 bits per heavy atom. The van der Waals surface area contributed by atoms with E-state index < -0.39 is 0 Å². The van der Waals surface area contributed by atoms with Gasteiger partial charge in [0.25, 0.3) is 0 Å². The molecule has 1 saturated heterocycles. The van der Waals surface area contributed by atoms with Gasteiger partial charge in [0, 0.05) is 44.2 Å². The lowest BCUT2D eigenvalue weighted by Crippen LogP contribution is -2.47. The molecule has 2 aliphatic heterocycles. The van der Waals surface area contributed by atoms with Crippen molar-refractivity contribution in [2.75, 3.05) is 49.9 Å². The molecule has 2 aromatic heterocycles. The Morgan fingerprint density at radius 2 is 2.00 bits per heavy atom. The van der Waals surface area contributed by atoms with Crippen LogP contribution in [0.2, 0.25) is 0 Å². The number of nitrogens with two attached hydrogens (primary N) is 1. The number of aliphatic imine (C=N–C) groups is 1. The number of fused-ring (bicyclic) bond motifs is 1. The maximum absolute atomic E-state index is 14.7. The number of hydrogen-bond acceptors (Lipinski definition) is 8. The van der Waals surface area contributed by atoms with Crippen LogP contribution in [0.4, 0.5) is 15.9 Å². The summed E-state index contributed by atoms with van der Waals surface area (Å²) in [7, 11) is 0. The molecular weight excluding hydrogens is 459 g/mol. The summed E-state index contributed by atoms with van der Waals surface area (Å²) in [5.41, 5.74) is 11.4. The van der Waals surface area contributed by atoms with Gasteiger partial charge in [-0.1, -0.05) is 18.0 Å². The van der Waals surface area contributed by atoms with Crippen molar-refractivity contribution >= 4 is 34.0 Å². The highest BCUT2D eigenvalue weighted by atomic mass is 19.1. The molecule has 188 valence electrons. The van der Waals surface area contributed by atoms with E-state index in [0.717, 1.165) is 61.5 Å². The van der Waals surface area contributed by atoms with Crippen LogP contribution < -0.4 is 16.0 Å². The van der Waals surface area contributed by atoms with E-state index in [4.69, 9.17) is 10.3 Å². The fourth-order valence-corrected chi connectivity index (χ4v) is 4.76. The maximum atomic E-state index is 14.7. The molecule has 1 fully saturated rings. The Hall–Kier alpha value is -3.84. The van der Waals surface area contributed by atoms with E-state index in [1.165, 1.54) is 11.6 Å². The molecule has 3 N–H and O–H groups in total. The van der Waals surface area contributed by atoms with E-state index >= 15 is 0 Å². The van der Waals surface area contributed by atoms with Crippen molar-refractivity contribution in [3.8, 4) is 11.8 Å². The van der Waals surface area contributed by atoms with E-state index in [1.807, 2.05) is 23.9 Å². The first kappa shape index (κ1) is 23.9. The van der Waals surface area contributed by atoms with Gasteiger partial charge >= 0.3 is 0 Å². The number of hydrogen-bond donors (Lipinski definition) is 2. The fourth-order valence-electron chi connectivity index (χ4n) is 4.76. The van der Waals surface area contributed by atoms with E-state index in [1.54, 1.807) is 6.92 Å². The monoisotopic (exact) mass is 490 g/mol. The van der Waals surface area contributed by atoms with Crippen LogP contribution in [-0.2, 0) is 6.54 Å². The standard InChI is InChI=1S/C26H31FN8O/c1-4-6-24-29-15-18(5-2)25(31-24)20-16-30-35(26(20)28)12-9-33-7-10-34(11-8-33)22-13-19-17(3)32-36-23(19)14-21(22)27/h13-14,16H,5,7-12,15,28H2,1-3H3,(H,29,31). The number of nitrogens with one attached hydrogen (secondary N) is 1. The van der Waals surface area contributed by atoms with Crippen molar-refractivity contribution in [3.05, 3.63) is 41.0 Å². The van der Waals surface area contributed by atoms with Crippen LogP contribution >= 0.6 is 0 Å². The molecule has 0 saturated carbocycles. The first-order valence-corrected chi connectivity index (χ1v) is 12.3. The summed E-state index contributed by atoms with van der Waals surface area (Å²) in [6, 6.07) is 3.28. The Labute approximate surface area is 209 Å². The third-order valence-corrected chi connectivity index (χ3v) is 6.91. The molecule has 1 aromatic carbocycles. The molecule has 3 aromatic rings. The highest BCUT2D eigenvalue weighted by Crippen LogP contribution is 2.29. The van der Waals surface area contributed by atoms with Gasteiger partial charge in [-0.2, -0.15) is 5.10 Å². The normalized spacial score (nSPS) is 16.7. The summed E-state index contributed by atoms with van der Waals surface area (Å²) < 4.78 is 21.7. The van der Waals surface area contributed by atoms with Gasteiger partial charge in [0.2, 0.25) is 0 Å². The predicted octanol–water partition coefficient (Wildman–Crippen LogP) is 3.02. The van der Waals surface area contributed by atoms with Crippen molar-refractivity contribution in [3.63, 3.8) is 0 Å². The summed E-state index contributed by atoms with van der Waals surface area (Å²) in [6.07, 6.45) is 2.69. The summed E-state index contributed by atoms with van der Waals surface area (Å²) >= 11 is 0. The molecular formula is C26H31FN8O. The van der Waals surface area contributed by atoms with Gasteiger partial charge in [0.15, 0.2) is 11.4 Å². The summed E-state index contributed by atoms with van der Waals surface area (Å²) in [5, 5.41) is 12.7. The largest absolute Gasteiger partial charge is 0.383 e. The zero-order valence-corrected chi connectivity index (χ0v) is 20.9. The number of amidine groups is 1. The Balaban J connectivity index is 1.21. The van der Waals surface area contributed by atoms with Crippen LogP contribution in [0.25, 0.3) is 16.7 Å². The molecule has 0 spiro atoms. The molecule has 9 nitrogen and oxygen atoms in total. The second-order valence-corrected chi connectivity index (χ2v) is 9.06. The SMILES string of the molecule is CC#CC1=NCC(CC)=C(c2cnn(CCN3CCN(c4cc5c(C)noc5cc4F)CC3)c2N)N1. The van der Waals surface area contributed by atoms with E-state index in [2.05, 4.69) is 49.1 Å². The highest BCUT2D eigenvalue weighted by molar-refractivity contribution is 6.05. The van der Waals surface area contributed by atoms with Crippen LogP contribution in [0.3, 0.4) is 0 Å². The number of nitrogen functional groups attached to an aromatic ring is 1. The molecule has 2 aliphatic rings. The number of aryl methyl sites for hydroxylation is 1. The zero-order valence-electron chi connectivity index (χ0n) is 20.9. The van der Waals surface area contributed by atoms with Gasteiger partial charge in [-0.15, -0.1) is 0 Å². The average Bonchev–Trinajstić information content (AvgIpc) is 3.44. The maximum Gasteiger partial charge on any atom is 0.178 e. The number of rotatable bonds is 6. The lowest BCUT2D eigenvalue weighted by atomic mass is 10.0. The third-order valence-electron chi connectivity index (χ3n) is 6.91. The molecule has 10 heteroatoms. The van der Waals surface area contributed by atoms with Crippen molar-refractivity contribution in [2.24, 2.45) is 4.99 Å². The Kier molecular flexibility index (Phi) is 6.65. The lowest BCUT2D eigenvalue weighted by Gasteiger charge is -2.36. The molecule has 5 rings (SSSR count). The van der Waals surface area contributed by atoms with Crippen molar-refractivity contribution in [1.29, 1.82) is 0 Å². The van der Waals surface area contributed by atoms with Crippen LogP contribution in [0.15, 0.2) is 33.4 Å². The number of halogens is 1. The number of anilines is 2. The number of piperazine rings is 1. The second-order valence-electron chi connectivity index (χ2n) is 9.06. The van der Waals surface area contributed by atoms with Crippen LogP contribution in [-0.4, -0.2) is 64.9 Å². The summed E-state index contributed by atoms with van der Waals surface area (Å²) in [4.78, 5) is 8.94. The minimum absolute atomic E-state index is 0.279. The Bertz CT molecular complexity index is 1400. The van der Waals surface area contributed by atoms with Crippen LogP contribution in [0, 0.1) is 24.6 Å². The van der Waals surface area contributed by atoms with Gasteiger partial charge < -0.3 is 20.5 Å². The Morgan fingerprint density at radius 3 is 2.75 bits per heavy atom. The fraction of sp³-hybridized carbons (Fsp3) is 0.423. The van der Waals surface area contributed by atoms with Gasteiger partial charge in [-0.05, 0) is 37.8 Å². The molecule has 0 amide bonds. The third kappa shape index (κ3) is 4.54. The number of aromatic nitrogens is 3. The molecule has 4 heterocycles. The topological polar surface area (TPSA) is 101 Å². The number of nitrogens with zero attached hydrogens (tertiary/aromatic N) is 6. The average molecular weight is 491 g/mol. The molecule has 0 radical (unpaired) electrons. The van der Waals surface area contributed by atoms with E-state index in [0.29, 0.717) is 36.0 Å². The van der Waals surface area contributed by atoms with Crippen LogP contribution in [0.5, 0.6) is 0 Å². The number of benzene rings is 1. The zero-order chi connectivity index (χ0) is 25.2. The van der Waals surface area contributed by atoms with Crippen molar-refractivity contribution in [2.45, 2.75) is 33.7 Å². The van der Waals surface area contributed by atoms with Crippen molar-refractivity contribution < 1.29 is 8.91 Å². The summed E-state index contributed by atoms with van der Waals surface area (Å²) in [6.45, 7) is 11.0. The summed E-state index contributed by atoms with van der Waals surface area (Å²) in [5.74, 6) is 6.90. The van der Waals surface area contributed by atoms with Crippen molar-refractivity contribution in [1.82, 2.24) is 25.2 Å². The molecule has 0 atom stereocenters. The smallest absolute Gasteiger partial charge is 0.178 e. The van der Waals surface area contributed by atoms with Gasteiger partial charge in [0.1, 0.15) is 11.6 Å². The predicted molar refractivity (Wildman–Crippen MR) is 140 cm³/mol. The van der Waals surface area contributed by atoms with E-state index in [9.17, 15) is 4.39 Å². The van der Waals surface area contributed by atoms with Gasteiger partial charge in [-0.3, -0.25) is 9.89 Å². The first-order chi connectivity index (χ1) is 17.5. The minimum Gasteiger partial charge on any atom is -0.383 e. The molecule has 36 heavy (non-hydrogen) atoms. The van der Waals surface area contributed by atoms with Crippen LogP contribution in [0.1, 0.15) is 31.5 Å². The second kappa shape index (κ2) is 10.0. The molecule has 0 bridgehead atoms. The highest BCUT2D eigenvalue weighted by Gasteiger charge is 2.23. The minimum atomic E-state index is -0.279. The van der Waals surface area contributed by atoms with Gasteiger partial charge in [0.05, 0.1) is 41.9 Å². The molecule has 0 aliphatic carbocycles.